The van der Waals surface area contributed by atoms with Crippen LogP contribution < -0.4 is 9.62 Å². The number of carbonyl (C=O) groups excluding carboxylic acids is 1. The number of amides is 1. The Morgan fingerprint density at radius 2 is 1.69 bits per heavy atom. The molecule has 0 unspecified atom stereocenters. The number of carbonyl (C=O) groups is 1. The largest absolute Gasteiger partial charge is 0.350 e. The Morgan fingerprint density at radius 1 is 1.06 bits per heavy atom. The third kappa shape index (κ3) is 6.11. The average Bonchev–Trinajstić information content (AvgIpc) is 3.25. The van der Waals surface area contributed by atoms with Crippen LogP contribution in [0.25, 0.3) is 0 Å². The molecule has 0 aromatic heterocycles. The van der Waals surface area contributed by atoms with Crippen molar-refractivity contribution in [2.45, 2.75) is 59.2 Å². The molecule has 1 aliphatic rings. The number of hydrogen-bond donors (Lipinski definition) is 1. The molecular weight excluding hydrogens is 422 g/mol. The van der Waals surface area contributed by atoms with E-state index < -0.39 is 16.1 Å². The zero-order valence-electron chi connectivity index (χ0n) is 19.6. The molecule has 1 atom stereocenters. The monoisotopic (exact) mass is 457 g/mol. The van der Waals surface area contributed by atoms with E-state index >= 15 is 0 Å². The molecule has 1 amide bonds. The van der Waals surface area contributed by atoms with Crippen LogP contribution in [-0.2, 0) is 27.9 Å². The van der Waals surface area contributed by atoms with Crippen LogP contribution in [0, 0.1) is 13.8 Å². The minimum absolute atomic E-state index is 0.292. The number of aryl methyl sites for hydroxylation is 2. The smallest absolute Gasteiger partial charge is 0.244 e. The van der Waals surface area contributed by atoms with Crippen molar-refractivity contribution in [2.24, 2.45) is 0 Å². The standard InChI is InChI=1S/C25H35N3O3S/c1-5-23(28(32(4,30)31)24-16-19(2)8-9-20(24)3)25(29)26-17-21-10-12-22(13-11-21)18-27-14-6-7-15-27/h8-13,16,23H,5-7,14-15,17-18H2,1-4H3,(H,26,29)/t23-/m0/s1. The maximum absolute atomic E-state index is 13.1. The van der Waals surface area contributed by atoms with Gasteiger partial charge in [-0.3, -0.25) is 14.0 Å². The van der Waals surface area contributed by atoms with E-state index in [0.717, 1.165) is 42.6 Å². The highest BCUT2D eigenvalue weighted by molar-refractivity contribution is 7.92. The lowest BCUT2D eigenvalue weighted by Crippen LogP contribution is -2.49. The zero-order valence-corrected chi connectivity index (χ0v) is 20.4. The summed E-state index contributed by atoms with van der Waals surface area (Å²) in [7, 11) is -3.65. The molecule has 6 nitrogen and oxygen atoms in total. The van der Waals surface area contributed by atoms with Crippen molar-refractivity contribution in [3.8, 4) is 0 Å². The van der Waals surface area contributed by atoms with Gasteiger partial charge in [-0.15, -0.1) is 0 Å². The Bertz CT molecular complexity index is 1030. The Labute approximate surface area is 192 Å². The van der Waals surface area contributed by atoms with Crippen LogP contribution in [0.15, 0.2) is 42.5 Å². The first-order valence-electron chi connectivity index (χ1n) is 11.3. The quantitative estimate of drug-likeness (QED) is 0.623. The van der Waals surface area contributed by atoms with Crippen molar-refractivity contribution in [2.75, 3.05) is 23.7 Å². The number of rotatable bonds is 9. The van der Waals surface area contributed by atoms with Crippen molar-refractivity contribution in [3.05, 3.63) is 64.7 Å². The molecule has 174 valence electrons. The van der Waals surface area contributed by atoms with E-state index in [1.807, 2.05) is 51.1 Å². The molecule has 1 fully saturated rings. The van der Waals surface area contributed by atoms with Crippen LogP contribution in [-0.4, -0.2) is 44.6 Å². The molecule has 3 rings (SSSR count). The van der Waals surface area contributed by atoms with Crippen LogP contribution in [0.2, 0.25) is 0 Å². The van der Waals surface area contributed by atoms with Gasteiger partial charge in [0, 0.05) is 13.1 Å². The second-order valence-corrected chi connectivity index (χ2v) is 10.6. The molecule has 7 heteroatoms. The summed E-state index contributed by atoms with van der Waals surface area (Å²) in [6, 6.07) is 13.1. The average molecular weight is 458 g/mol. The van der Waals surface area contributed by atoms with Gasteiger partial charge in [-0.25, -0.2) is 8.42 Å². The molecule has 0 saturated carbocycles. The van der Waals surface area contributed by atoms with E-state index in [-0.39, 0.29) is 5.91 Å². The van der Waals surface area contributed by atoms with Gasteiger partial charge in [-0.1, -0.05) is 43.3 Å². The summed E-state index contributed by atoms with van der Waals surface area (Å²) >= 11 is 0. The van der Waals surface area contributed by atoms with Gasteiger partial charge < -0.3 is 5.32 Å². The van der Waals surface area contributed by atoms with Gasteiger partial charge in [0.05, 0.1) is 11.9 Å². The Hall–Kier alpha value is -2.38. The summed E-state index contributed by atoms with van der Waals surface area (Å²) < 4.78 is 26.7. The maximum Gasteiger partial charge on any atom is 0.244 e. The van der Waals surface area contributed by atoms with Crippen LogP contribution >= 0.6 is 0 Å². The van der Waals surface area contributed by atoms with Crippen LogP contribution in [0.5, 0.6) is 0 Å². The number of hydrogen-bond acceptors (Lipinski definition) is 4. The van der Waals surface area contributed by atoms with Gasteiger partial charge in [0.25, 0.3) is 0 Å². The first-order chi connectivity index (χ1) is 15.2. The molecule has 1 aliphatic heterocycles. The van der Waals surface area contributed by atoms with Crippen LogP contribution in [0.3, 0.4) is 0 Å². The van der Waals surface area contributed by atoms with E-state index in [0.29, 0.717) is 18.7 Å². The van der Waals surface area contributed by atoms with Gasteiger partial charge >= 0.3 is 0 Å². The summed E-state index contributed by atoms with van der Waals surface area (Å²) in [5, 5.41) is 2.94. The number of nitrogens with zero attached hydrogens (tertiary/aromatic N) is 2. The first kappa shape index (κ1) is 24.3. The van der Waals surface area contributed by atoms with Crippen molar-refractivity contribution < 1.29 is 13.2 Å². The van der Waals surface area contributed by atoms with Crippen molar-refractivity contribution in [1.82, 2.24) is 10.2 Å². The summed E-state index contributed by atoms with van der Waals surface area (Å²) in [4.78, 5) is 15.5. The zero-order chi connectivity index (χ0) is 23.3. The highest BCUT2D eigenvalue weighted by Gasteiger charge is 2.32. The van der Waals surface area contributed by atoms with E-state index in [2.05, 4.69) is 22.3 Å². The maximum atomic E-state index is 13.1. The molecule has 2 aromatic carbocycles. The van der Waals surface area contributed by atoms with Crippen molar-refractivity contribution in [1.29, 1.82) is 0 Å². The lowest BCUT2D eigenvalue weighted by molar-refractivity contribution is -0.122. The minimum Gasteiger partial charge on any atom is -0.350 e. The predicted octanol–water partition coefficient (Wildman–Crippen LogP) is 3.76. The fourth-order valence-electron chi connectivity index (χ4n) is 4.26. The van der Waals surface area contributed by atoms with Gasteiger partial charge in [0.15, 0.2) is 0 Å². The molecular formula is C25H35N3O3S. The Balaban J connectivity index is 1.70. The summed E-state index contributed by atoms with van der Waals surface area (Å²) in [6.07, 6.45) is 4.08. The third-order valence-electron chi connectivity index (χ3n) is 6.03. The molecule has 1 saturated heterocycles. The molecule has 0 spiro atoms. The van der Waals surface area contributed by atoms with Gasteiger partial charge in [0.2, 0.25) is 15.9 Å². The highest BCUT2D eigenvalue weighted by Crippen LogP contribution is 2.27. The summed E-state index contributed by atoms with van der Waals surface area (Å²) in [5.74, 6) is -0.292. The predicted molar refractivity (Wildman–Crippen MR) is 130 cm³/mol. The Morgan fingerprint density at radius 3 is 2.28 bits per heavy atom. The first-order valence-corrected chi connectivity index (χ1v) is 13.2. The molecule has 0 radical (unpaired) electrons. The summed E-state index contributed by atoms with van der Waals surface area (Å²) in [5.41, 5.74) is 4.59. The summed E-state index contributed by atoms with van der Waals surface area (Å²) in [6.45, 7) is 9.26. The third-order valence-corrected chi connectivity index (χ3v) is 7.19. The number of anilines is 1. The minimum atomic E-state index is -3.65. The SMILES string of the molecule is CC[C@@H](C(=O)NCc1ccc(CN2CCCC2)cc1)N(c1cc(C)ccc1C)S(C)(=O)=O. The normalized spacial score (nSPS) is 15.5. The van der Waals surface area contributed by atoms with E-state index in [1.54, 1.807) is 0 Å². The van der Waals surface area contributed by atoms with E-state index in [1.165, 1.54) is 22.7 Å². The lowest BCUT2D eigenvalue weighted by atomic mass is 10.1. The molecule has 0 aliphatic carbocycles. The van der Waals surface area contributed by atoms with Crippen LogP contribution in [0.4, 0.5) is 5.69 Å². The number of likely N-dealkylation sites (tertiary alicyclic amines) is 1. The highest BCUT2D eigenvalue weighted by atomic mass is 32.2. The second kappa shape index (κ2) is 10.5. The molecule has 32 heavy (non-hydrogen) atoms. The second-order valence-electron chi connectivity index (χ2n) is 8.79. The van der Waals surface area contributed by atoms with Gasteiger partial charge in [-0.2, -0.15) is 0 Å². The van der Waals surface area contributed by atoms with Gasteiger partial charge in [-0.05, 0) is 74.5 Å². The lowest BCUT2D eigenvalue weighted by Gasteiger charge is -2.31. The number of benzene rings is 2. The molecule has 2 aromatic rings. The molecule has 1 N–H and O–H groups in total. The molecule has 0 bridgehead atoms. The molecule has 1 heterocycles. The van der Waals surface area contributed by atoms with Crippen molar-refractivity contribution >= 4 is 21.6 Å². The van der Waals surface area contributed by atoms with E-state index in [4.69, 9.17) is 0 Å². The van der Waals surface area contributed by atoms with Crippen molar-refractivity contribution in [3.63, 3.8) is 0 Å². The Kier molecular flexibility index (Phi) is 7.96. The fraction of sp³-hybridized carbons (Fsp3) is 0.480. The van der Waals surface area contributed by atoms with E-state index in [9.17, 15) is 13.2 Å². The topological polar surface area (TPSA) is 69.7 Å². The fourth-order valence-corrected chi connectivity index (χ4v) is 5.52. The number of nitrogens with one attached hydrogen (secondary N) is 1. The number of sulfonamides is 1. The van der Waals surface area contributed by atoms with Crippen LogP contribution in [0.1, 0.15) is 48.4 Å². The van der Waals surface area contributed by atoms with Gasteiger partial charge in [0.1, 0.15) is 6.04 Å².